The number of anilines is 1. The van der Waals surface area contributed by atoms with Crippen LogP contribution in [0.1, 0.15) is 25.1 Å². The van der Waals surface area contributed by atoms with Gasteiger partial charge in [-0.2, -0.15) is 13.2 Å². The van der Waals surface area contributed by atoms with Gasteiger partial charge in [-0.3, -0.25) is 9.88 Å². The average molecular weight is 392 g/mol. The summed E-state index contributed by atoms with van der Waals surface area (Å²) in [5, 5.41) is 2.60. The lowest BCUT2D eigenvalue weighted by atomic mass is 10.0. The Balaban J connectivity index is 1.58. The number of hydrogen-bond acceptors (Lipinski definition) is 5. The van der Waals surface area contributed by atoms with Crippen LogP contribution in [0.5, 0.6) is 0 Å². The molecular weight excluding hydrogens is 373 g/mol. The fraction of sp³-hybridized carbons (Fsp3) is 0.368. The van der Waals surface area contributed by atoms with Gasteiger partial charge in [0.2, 0.25) is 0 Å². The minimum absolute atomic E-state index is 0.186. The lowest BCUT2D eigenvalue weighted by molar-refractivity contribution is -0.140. The Labute approximate surface area is 159 Å². The monoisotopic (exact) mass is 392 g/mol. The summed E-state index contributed by atoms with van der Waals surface area (Å²) in [6.45, 7) is 6.07. The van der Waals surface area contributed by atoms with Gasteiger partial charge in [-0.15, -0.1) is 11.3 Å². The molecule has 1 fully saturated rings. The summed E-state index contributed by atoms with van der Waals surface area (Å²) in [5.74, 6) is 0. The molecule has 3 heterocycles. The number of alkyl halides is 3. The van der Waals surface area contributed by atoms with Crippen molar-refractivity contribution >= 4 is 27.4 Å². The summed E-state index contributed by atoms with van der Waals surface area (Å²) < 4.78 is 38.6. The lowest BCUT2D eigenvalue weighted by Crippen LogP contribution is -2.39. The van der Waals surface area contributed by atoms with Crippen LogP contribution >= 0.6 is 11.3 Å². The molecule has 0 N–H and O–H groups in total. The van der Waals surface area contributed by atoms with Crippen molar-refractivity contribution in [2.45, 2.75) is 32.1 Å². The highest BCUT2D eigenvalue weighted by Crippen LogP contribution is 2.36. The number of aromatic nitrogens is 2. The SMILES string of the molecule is CC1(C)CN(c2nc(C(F)(F)F)cs2)CN1Cc1ccnc2ccccc12. The summed E-state index contributed by atoms with van der Waals surface area (Å²) >= 11 is 1.04. The van der Waals surface area contributed by atoms with Gasteiger partial charge in [-0.1, -0.05) is 18.2 Å². The van der Waals surface area contributed by atoms with E-state index in [0.29, 0.717) is 24.9 Å². The summed E-state index contributed by atoms with van der Waals surface area (Å²) in [6, 6.07) is 9.99. The second-order valence-corrected chi connectivity index (χ2v) is 8.19. The topological polar surface area (TPSA) is 32.3 Å². The Bertz CT molecular complexity index is 961. The number of para-hydroxylation sites is 1. The van der Waals surface area contributed by atoms with Crippen molar-refractivity contribution in [3.05, 3.63) is 53.2 Å². The molecule has 0 atom stereocenters. The molecule has 2 aromatic heterocycles. The molecule has 27 heavy (non-hydrogen) atoms. The first-order valence-corrected chi connectivity index (χ1v) is 9.47. The molecule has 0 saturated carbocycles. The van der Waals surface area contributed by atoms with E-state index in [2.05, 4.69) is 34.8 Å². The Hall–Kier alpha value is -2.19. The van der Waals surface area contributed by atoms with Crippen LogP contribution < -0.4 is 4.90 Å². The molecule has 4 nitrogen and oxygen atoms in total. The molecule has 142 valence electrons. The molecule has 0 bridgehead atoms. The van der Waals surface area contributed by atoms with Gasteiger partial charge in [0.1, 0.15) is 0 Å². The van der Waals surface area contributed by atoms with E-state index in [-0.39, 0.29) is 5.54 Å². The lowest BCUT2D eigenvalue weighted by Gasteiger charge is -2.29. The molecule has 1 aliphatic rings. The molecule has 0 spiro atoms. The standard InChI is InChI=1S/C19H19F3N4S/c1-18(2)11-25(17-24-16(10-27-17)19(20,21)22)12-26(18)9-13-7-8-23-15-6-4-3-5-14(13)15/h3-8,10H,9,11-12H2,1-2H3. The van der Waals surface area contributed by atoms with Gasteiger partial charge in [0.15, 0.2) is 10.8 Å². The second-order valence-electron chi connectivity index (χ2n) is 7.35. The molecule has 1 saturated heterocycles. The van der Waals surface area contributed by atoms with Crippen LogP contribution in [0.3, 0.4) is 0 Å². The van der Waals surface area contributed by atoms with Crippen LogP contribution in [0.15, 0.2) is 41.9 Å². The fourth-order valence-electron chi connectivity index (χ4n) is 3.44. The number of rotatable bonds is 3. The maximum Gasteiger partial charge on any atom is 0.434 e. The largest absolute Gasteiger partial charge is 0.434 e. The zero-order valence-electron chi connectivity index (χ0n) is 15.0. The molecule has 1 aliphatic heterocycles. The maximum absolute atomic E-state index is 12.9. The van der Waals surface area contributed by atoms with Gasteiger partial charge in [0.25, 0.3) is 0 Å². The number of thiazole rings is 1. The van der Waals surface area contributed by atoms with E-state index in [1.54, 1.807) is 6.20 Å². The van der Waals surface area contributed by atoms with Gasteiger partial charge in [-0.25, -0.2) is 4.98 Å². The summed E-state index contributed by atoms with van der Waals surface area (Å²) in [4.78, 5) is 12.4. The number of halogens is 3. The number of nitrogens with zero attached hydrogens (tertiary/aromatic N) is 4. The van der Waals surface area contributed by atoms with Crippen molar-refractivity contribution in [3.63, 3.8) is 0 Å². The minimum atomic E-state index is -4.40. The third kappa shape index (κ3) is 3.51. The van der Waals surface area contributed by atoms with Crippen molar-refractivity contribution in [1.29, 1.82) is 0 Å². The van der Waals surface area contributed by atoms with E-state index in [4.69, 9.17) is 0 Å². The first-order valence-electron chi connectivity index (χ1n) is 8.59. The van der Waals surface area contributed by atoms with Crippen LogP contribution in [0.2, 0.25) is 0 Å². The normalized spacial score (nSPS) is 17.7. The molecular formula is C19H19F3N4S. The van der Waals surface area contributed by atoms with Crippen LogP contribution in [-0.4, -0.2) is 33.6 Å². The van der Waals surface area contributed by atoms with Gasteiger partial charge in [0.05, 0.1) is 12.2 Å². The van der Waals surface area contributed by atoms with E-state index in [0.717, 1.165) is 33.2 Å². The number of benzene rings is 1. The van der Waals surface area contributed by atoms with E-state index in [1.807, 2.05) is 29.2 Å². The van der Waals surface area contributed by atoms with Gasteiger partial charge >= 0.3 is 6.18 Å². The third-order valence-corrected chi connectivity index (χ3v) is 5.83. The Morgan fingerprint density at radius 3 is 2.70 bits per heavy atom. The Morgan fingerprint density at radius 1 is 1.19 bits per heavy atom. The quantitative estimate of drug-likeness (QED) is 0.643. The van der Waals surface area contributed by atoms with Gasteiger partial charge in [0, 0.05) is 35.6 Å². The third-order valence-electron chi connectivity index (χ3n) is 4.93. The highest BCUT2D eigenvalue weighted by Gasteiger charge is 2.40. The summed E-state index contributed by atoms with van der Waals surface area (Å²) in [7, 11) is 0. The zero-order chi connectivity index (χ0) is 19.2. The number of fused-ring (bicyclic) bond motifs is 1. The van der Waals surface area contributed by atoms with Gasteiger partial charge in [-0.05, 0) is 31.5 Å². The predicted octanol–water partition coefficient (Wildman–Crippen LogP) is 4.77. The molecule has 1 aromatic carbocycles. The summed E-state index contributed by atoms with van der Waals surface area (Å²) in [6.07, 6.45) is -2.60. The maximum atomic E-state index is 12.9. The molecule has 8 heteroatoms. The average Bonchev–Trinajstić information content (AvgIpc) is 3.20. The molecule has 0 aliphatic carbocycles. The molecule has 0 unspecified atom stereocenters. The Morgan fingerprint density at radius 2 is 1.96 bits per heavy atom. The van der Waals surface area contributed by atoms with E-state index >= 15 is 0 Å². The van der Waals surface area contributed by atoms with E-state index in [1.165, 1.54) is 0 Å². The highest BCUT2D eigenvalue weighted by atomic mass is 32.1. The first kappa shape index (κ1) is 18.2. The predicted molar refractivity (Wildman–Crippen MR) is 101 cm³/mol. The number of pyridine rings is 1. The van der Waals surface area contributed by atoms with E-state index in [9.17, 15) is 13.2 Å². The van der Waals surface area contributed by atoms with Crippen LogP contribution in [0.4, 0.5) is 18.3 Å². The Kier molecular flexibility index (Phi) is 4.35. The van der Waals surface area contributed by atoms with Crippen LogP contribution in [-0.2, 0) is 12.7 Å². The van der Waals surface area contributed by atoms with Crippen LogP contribution in [0.25, 0.3) is 10.9 Å². The van der Waals surface area contributed by atoms with Crippen molar-refractivity contribution in [2.24, 2.45) is 0 Å². The zero-order valence-corrected chi connectivity index (χ0v) is 15.8. The van der Waals surface area contributed by atoms with Crippen molar-refractivity contribution in [3.8, 4) is 0 Å². The molecule has 4 rings (SSSR count). The number of hydrogen-bond donors (Lipinski definition) is 0. The minimum Gasteiger partial charge on any atom is -0.333 e. The van der Waals surface area contributed by atoms with Crippen molar-refractivity contribution in [2.75, 3.05) is 18.1 Å². The van der Waals surface area contributed by atoms with Gasteiger partial charge < -0.3 is 4.90 Å². The highest BCUT2D eigenvalue weighted by molar-refractivity contribution is 7.13. The van der Waals surface area contributed by atoms with E-state index < -0.39 is 11.9 Å². The fourth-order valence-corrected chi connectivity index (χ4v) is 4.27. The molecule has 0 radical (unpaired) electrons. The van der Waals surface area contributed by atoms with Crippen molar-refractivity contribution in [1.82, 2.24) is 14.9 Å². The van der Waals surface area contributed by atoms with Crippen molar-refractivity contribution < 1.29 is 13.2 Å². The summed E-state index contributed by atoms with van der Waals surface area (Å²) in [5.41, 5.74) is 1.09. The second kappa shape index (κ2) is 6.45. The first-order chi connectivity index (χ1) is 12.7. The molecule has 0 amide bonds. The van der Waals surface area contributed by atoms with Crippen LogP contribution in [0, 0.1) is 0 Å². The smallest absolute Gasteiger partial charge is 0.333 e. The molecule has 3 aromatic rings.